The van der Waals surface area contributed by atoms with Crippen LogP contribution in [0.25, 0.3) is 0 Å². The molecule has 3 rings (SSSR count). The number of hydrogen-bond acceptors (Lipinski definition) is 7. The Kier molecular flexibility index (Phi) is 5.86. The molecule has 2 heterocycles. The van der Waals surface area contributed by atoms with E-state index in [-0.39, 0.29) is 47.5 Å². The number of amides is 1. The molecule has 1 amide bonds. The van der Waals surface area contributed by atoms with E-state index >= 15 is 0 Å². The summed E-state index contributed by atoms with van der Waals surface area (Å²) >= 11 is 0. The summed E-state index contributed by atoms with van der Waals surface area (Å²) in [5.41, 5.74) is -0.732. The number of nitrogens with zero attached hydrogens (tertiary/aromatic N) is 2. The SMILES string of the molecule is COc1ccc(S(=O)(=O)N2CCOc3ncc(C(=O)NC(C)(C)CO)cc32)cc1F. The van der Waals surface area contributed by atoms with E-state index in [9.17, 15) is 22.7 Å². The van der Waals surface area contributed by atoms with Crippen molar-refractivity contribution in [1.29, 1.82) is 0 Å². The molecule has 0 spiro atoms. The minimum absolute atomic E-state index is 0.0387. The summed E-state index contributed by atoms with van der Waals surface area (Å²) in [6.07, 6.45) is 1.25. The van der Waals surface area contributed by atoms with Crippen molar-refractivity contribution in [3.8, 4) is 11.6 Å². The van der Waals surface area contributed by atoms with E-state index < -0.39 is 27.3 Å². The summed E-state index contributed by atoms with van der Waals surface area (Å²) in [6, 6.07) is 4.67. The van der Waals surface area contributed by atoms with E-state index in [0.717, 1.165) is 10.4 Å². The topological polar surface area (TPSA) is 118 Å². The van der Waals surface area contributed by atoms with Crippen molar-refractivity contribution < 1.29 is 32.2 Å². The van der Waals surface area contributed by atoms with Crippen LogP contribution in [0.15, 0.2) is 35.4 Å². The van der Waals surface area contributed by atoms with Crippen LogP contribution in [0, 0.1) is 5.82 Å². The molecule has 9 nitrogen and oxygen atoms in total. The normalized spacial score (nSPS) is 14.0. The van der Waals surface area contributed by atoms with Crippen LogP contribution in [0.1, 0.15) is 24.2 Å². The Labute approximate surface area is 173 Å². The summed E-state index contributed by atoms with van der Waals surface area (Å²) in [5, 5.41) is 12.0. The van der Waals surface area contributed by atoms with Gasteiger partial charge in [0.1, 0.15) is 12.3 Å². The lowest BCUT2D eigenvalue weighted by Gasteiger charge is -2.30. The molecule has 0 aliphatic carbocycles. The second kappa shape index (κ2) is 8.07. The molecule has 30 heavy (non-hydrogen) atoms. The van der Waals surface area contributed by atoms with Gasteiger partial charge in [-0.3, -0.25) is 9.10 Å². The molecule has 2 aromatic rings. The standard InChI is InChI=1S/C19H22FN3O6S/c1-19(2,11-24)22-17(25)12-8-15-18(21-10-12)29-7-6-23(15)30(26,27)13-4-5-16(28-3)14(20)9-13/h4-5,8-10,24H,6-7,11H2,1-3H3,(H,22,25). The van der Waals surface area contributed by atoms with Crippen LogP contribution >= 0.6 is 0 Å². The number of pyridine rings is 1. The Hall–Kier alpha value is -2.92. The van der Waals surface area contributed by atoms with Gasteiger partial charge in [0, 0.05) is 6.20 Å². The number of aliphatic hydroxyl groups is 1. The number of halogens is 1. The first-order valence-electron chi connectivity index (χ1n) is 9.01. The number of nitrogens with one attached hydrogen (secondary N) is 1. The Balaban J connectivity index is 2.00. The maximum absolute atomic E-state index is 14.1. The molecule has 0 radical (unpaired) electrons. The van der Waals surface area contributed by atoms with Crippen molar-refractivity contribution >= 4 is 21.6 Å². The molecule has 1 aliphatic rings. The van der Waals surface area contributed by atoms with Gasteiger partial charge in [0.2, 0.25) is 5.88 Å². The number of hydrogen-bond donors (Lipinski definition) is 2. The highest BCUT2D eigenvalue weighted by molar-refractivity contribution is 7.92. The monoisotopic (exact) mass is 439 g/mol. The Morgan fingerprint density at radius 2 is 2.13 bits per heavy atom. The molecule has 0 saturated carbocycles. The predicted molar refractivity (Wildman–Crippen MR) is 106 cm³/mol. The van der Waals surface area contributed by atoms with Crippen molar-refractivity contribution in [3.05, 3.63) is 41.8 Å². The first-order chi connectivity index (χ1) is 14.1. The van der Waals surface area contributed by atoms with Gasteiger partial charge >= 0.3 is 0 Å². The van der Waals surface area contributed by atoms with E-state index in [1.54, 1.807) is 13.8 Å². The molecular weight excluding hydrogens is 417 g/mol. The largest absolute Gasteiger partial charge is 0.494 e. The highest BCUT2D eigenvalue weighted by Gasteiger charge is 2.32. The van der Waals surface area contributed by atoms with Gasteiger partial charge in [-0.2, -0.15) is 0 Å². The van der Waals surface area contributed by atoms with E-state index in [4.69, 9.17) is 9.47 Å². The van der Waals surface area contributed by atoms with Gasteiger partial charge in [-0.25, -0.2) is 17.8 Å². The summed E-state index contributed by atoms with van der Waals surface area (Å²) < 4.78 is 51.7. The second-order valence-electron chi connectivity index (χ2n) is 7.27. The first kappa shape index (κ1) is 21.8. The van der Waals surface area contributed by atoms with E-state index in [1.165, 1.54) is 31.5 Å². The van der Waals surface area contributed by atoms with Gasteiger partial charge in [0.25, 0.3) is 15.9 Å². The fourth-order valence-corrected chi connectivity index (χ4v) is 4.26. The maximum Gasteiger partial charge on any atom is 0.264 e. The highest BCUT2D eigenvalue weighted by Crippen LogP contribution is 2.35. The number of benzene rings is 1. The molecule has 11 heteroatoms. The van der Waals surface area contributed by atoms with Crippen molar-refractivity contribution in [3.63, 3.8) is 0 Å². The van der Waals surface area contributed by atoms with Gasteiger partial charge in [-0.1, -0.05) is 0 Å². The maximum atomic E-state index is 14.1. The molecule has 1 aromatic heterocycles. The van der Waals surface area contributed by atoms with Crippen LogP contribution in [0.4, 0.5) is 10.1 Å². The third kappa shape index (κ3) is 4.17. The molecule has 2 N–H and O–H groups in total. The molecule has 0 unspecified atom stereocenters. The fourth-order valence-electron chi connectivity index (χ4n) is 2.80. The summed E-state index contributed by atoms with van der Waals surface area (Å²) in [4.78, 5) is 16.3. The molecule has 0 bridgehead atoms. The quantitative estimate of drug-likeness (QED) is 0.697. The lowest BCUT2D eigenvalue weighted by molar-refractivity contribution is 0.0869. The van der Waals surface area contributed by atoms with Crippen molar-refractivity contribution in [2.75, 3.05) is 31.2 Å². The number of methoxy groups -OCH3 is 1. The lowest BCUT2D eigenvalue weighted by Crippen LogP contribution is -2.46. The third-order valence-corrected chi connectivity index (χ3v) is 6.26. The Bertz CT molecular complexity index is 1070. The minimum Gasteiger partial charge on any atom is -0.494 e. The molecule has 1 aliphatic heterocycles. The van der Waals surface area contributed by atoms with Crippen LogP contribution in [0.5, 0.6) is 11.6 Å². The first-order valence-corrected chi connectivity index (χ1v) is 10.5. The van der Waals surface area contributed by atoms with Gasteiger partial charge < -0.3 is 19.9 Å². The number of sulfonamides is 1. The van der Waals surface area contributed by atoms with Crippen LogP contribution in [-0.4, -0.2) is 56.8 Å². The zero-order valence-corrected chi connectivity index (χ0v) is 17.5. The van der Waals surface area contributed by atoms with Crippen LogP contribution in [-0.2, 0) is 10.0 Å². The number of carbonyl (C=O) groups excluding carboxylic acids is 1. The van der Waals surface area contributed by atoms with Crippen molar-refractivity contribution in [1.82, 2.24) is 10.3 Å². The molecule has 0 atom stereocenters. The third-order valence-electron chi connectivity index (χ3n) is 4.45. The molecule has 0 fully saturated rings. The van der Waals surface area contributed by atoms with Gasteiger partial charge in [0.15, 0.2) is 11.6 Å². The summed E-state index contributed by atoms with van der Waals surface area (Å²) in [5.74, 6) is -1.40. The van der Waals surface area contributed by atoms with E-state index in [0.29, 0.717) is 0 Å². The molecular formula is C19H22FN3O6S. The number of aliphatic hydroxyl groups excluding tert-OH is 1. The number of aromatic nitrogens is 1. The smallest absolute Gasteiger partial charge is 0.264 e. The van der Waals surface area contributed by atoms with Crippen LogP contribution < -0.4 is 19.1 Å². The van der Waals surface area contributed by atoms with Gasteiger partial charge in [-0.05, 0) is 38.1 Å². The van der Waals surface area contributed by atoms with Crippen molar-refractivity contribution in [2.45, 2.75) is 24.3 Å². The number of anilines is 1. The average molecular weight is 439 g/mol. The summed E-state index contributed by atoms with van der Waals surface area (Å²) in [6.45, 7) is 2.98. The summed E-state index contributed by atoms with van der Waals surface area (Å²) in [7, 11) is -2.88. The Morgan fingerprint density at radius 1 is 1.40 bits per heavy atom. The number of rotatable bonds is 6. The van der Waals surface area contributed by atoms with Crippen LogP contribution in [0.2, 0.25) is 0 Å². The zero-order valence-electron chi connectivity index (χ0n) is 16.7. The highest BCUT2D eigenvalue weighted by atomic mass is 32.2. The molecule has 162 valence electrons. The van der Waals surface area contributed by atoms with Crippen LogP contribution in [0.3, 0.4) is 0 Å². The van der Waals surface area contributed by atoms with E-state index in [1.807, 2.05) is 0 Å². The van der Waals surface area contributed by atoms with Gasteiger partial charge in [0.05, 0.1) is 36.3 Å². The fraction of sp³-hybridized carbons (Fsp3) is 0.368. The van der Waals surface area contributed by atoms with Crippen molar-refractivity contribution in [2.24, 2.45) is 0 Å². The number of ether oxygens (including phenoxy) is 2. The lowest BCUT2D eigenvalue weighted by atomic mass is 10.1. The Morgan fingerprint density at radius 3 is 2.77 bits per heavy atom. The number of fused-ring (bicyclic) bond motifs is 1. The molecule has 1 aromatic carbocycles. The van der Waals surface area contributed by atoms with E-state index in [2.05, 4.69) is 10.3 Å². The molecule has 0 saturated heterocycles. The average Bonchev–Trinajstić information content (AvgIpc) is 2.72. The van der Waals surface area contributed by atoms with Gasteiger partial charge in [-0.15, -0.1) is 0 Å². The second-order valence-corrected chi connectivity index (χ2v) is 9.13. The predicted octanol–water partition coefficient (Wildman–Crippen LogP) is 1.32. The number of carbonyl (C=O) groups is 1. The minimum atomic E-state index is -4.16. The zero-order chi connectivity index (χ0) is 22.1.